The largest absolute Gasteiger partial charge is 0.379 e. The molecule has 3 aliphatic rings. The fourth-order valence-electron chi connectivity index (χ4n) is 4.69. The third-order valence-electron chi connectivity index (χ3n) is 6.11. The Morgan fingerprint density at radius 3 is 2.69 bits per heavy atom. The van der Waals surface area contributed by atoms with Crippen molar-refractivity contribution in [2.45, 2.75) is 30.6 Å². The van der Waals surface area contributed by atoms with E-state index in [4.69, 9.17) is 4.74 Å². The first-order chi connectivity index (χ1) is 12.5. The highest BCUT2D eigenvalue weighted by Crippen LogP contribution is 2.47. The van der Waals surface area contributed by atoms with Gasteiger partial charge in [0.2, 0.25) is 10.0 Å². The lowest BCUT2D eigenvalue weighted by Crippen LogP contribution is -2.40. The lowest BCUT2D eigenvalue weighted by molar-refractivity contribution is 0.0730. The molecule has 1 N–H and O–H groups in total. The molecule has 3 fully saturated rings. The van der Waals surface area contributed by atoms with Crippen LogP contribution in [0.25, 0.3) is 0 Å². The van der Waals surface area contributed by atoms with Crippen LogP contribution in [0.1, 0.15) is 36.0 Å². The average Bonchev–Trinajstić information content (AvgIpc) is 3.30. The number of ether oxygens (including phenoxy) is 1. The van der Waals surface area contributed by atoms with Gasteiger partial charge in [-0.2, -0.15) is 4.31 Å². The van der Waals surface area contributed by atoms with Gasteiger partial charge in [0, 0.05) is 25.2 Å². The fourth-order valence-corrected chi connectivity index (χ4v) is 6.14. The van der Waals surface area contributed by atoms with Crippen LogP contribution >= 0.6 is 0 Å². The van der Waals surface area contributed by atoms with Crippen molar-refractivity contribution in [3.05, 3.63) is 29.8 Å². The molecular formula is C19H26N2O4S. The SMILES string of the molecule is O=C(NCC1CC2CCC1C2)c1cccc(S(=O)(=O)N2CCOCC2)c1. The van der Waals surface area contributed by atoms with Gasteiger partial charge in [-0.1, -0.05) is 12.5 Å². The first kappa shape index (κ1) is 17.9. The second kappa shape index (κ2) is 7.29. The first-order valence-corrected chi connectivity index (χ1v) is 10.9. The third kappa shape index (κ3) is 3.52. The number of carbonyl (C=O) groups is 1. The molecule has 142 valence electrons. The maximum atomic E-state index is 12.8. The summed E-state index contributed by atoms with van der Waals surface area (Å²) in [5, 5.41) is 3.02. The van der Waals surface area contributed by atoms with Crippen molar-refractivity contribution in [1.29, 1.82) is 0 Å². The van der Waals surface area contributed by atoms with Crippen molar-refractivity contribution in [3.8, 4) is 0 Å². The number of hydrogen-bond donors (Lipinski definition) is 1. The minimum Gasteiger partial charge on any atom is -0.379 e. The van der Waals surface area contributed by atoms with E-state index in [0.29, 0.717) is 44.3 Å². The summed E-state index contributed by atoms with van der Waals surface area (Å²) in [7, 11) is -3.58. The first-order valence-electron chi connectivity index (χ1n) is 9.50. The van der Waals surface area contributed by atoms with Crippen molar-refractivity contribution in [1.82, 2.24) is 9.62 Å². The van der Waals surface area contributed by atoms with Gasteiger partial charge in [0.1, 0.15) is 0 Å². The summed E-state index contributed by atoms with van der Waals surface area (Å²) in [6.45, 7) is 2.21. The Labute approximate surface area is 155 Å². The quantitative estimate of drug-likeness (QED) is 0.849. The predicted molar refractivity (Wildman–Crippen MR) is 97.3 cm³/mol. The summed E-state index contributed by atoms with van der Waals surface area (Å²) in [5.74, 6) is 2.00. The number of amides is 1. The van der Waals surface area contributed by atoms with Gasteiger partial charge < -0.3 is 10.1 Å². The van der Waals surface area contributed by atoms with E-state index in [-0.39, 0.29) is 10.8 Å². The Morgan fingerprint density at radius 1 is 1.19 bits per heavy atom. The fraction of sp³-hybridized carbons (Fsp3) is 0.632. The van der Waals surface area contributed by atoms with Crippen molar-refractivity contribution < 1.29 is 17.9 Å². The second-order valence-corrected chi connectivity index (χ2v) is 9.63. The van der Waals surface area contributed by atoms with Gasteiger partial charge >= 0.3 is 0 Å². The molecule has 1 amide bonds. The van der Waals surface area contributed by atoms with Gasteiger partial charge in [0.15, 0.2) is 0 Å². The zero-order chi connectivity index (χ0) is 18.1. The predicted octanol–water partition coefficient (Wildman–Crippen LogP) is 1.87. The molecule has 0 radical (unpaired) electrons. The highest BCUT2D eigenvalue weighted by Gasteiger charge is 2.39. The Bertz CT molecular complexity index is 773. The van der Waals surface area contributed by atoms with Gasteiger partial charge in [-0.25, -0.2) is 8.42 Å². The molecule has 7 heteroatoms. The molecule has 26 heavy (non-hydrogen) atoms. The van der Waals surface area contributed by atoms with E-state index in [1.54, 1.807) is 18.2 Å². The molecule has 1 heterocycles. The van der Waals surface area contributed by atoms with Gasteiger partial charge in [-0.3, -0.25) is 4.79 Å². The van der Waals surface area contributed by atoms with E-state index in [2.05, 4.69) is 5.32 Å². The van der Waals surface area contributed by atoms with Crippen LogP contribution in [-0.4, -0.2) is 51.5 Å². The monoisotopic (exact) mass is 378 g/mol. The molecular weight excluding hydrogens is 352 g/mol. The lowest BCUT2D eigenvalue weighted by atomic mass is 9.89. The van der Waals surface area contributed by atoms with Gasteiger partial charge in [0.05, 0.1) is 18.1 Å². The molecule has 1 aliphatic heterocycles. The normalized spacial score (nSPS) is 29.0. The summed E-state index contributed by atoms with van der Waals surface area (Å²) in [6.07, 6.45) is 5.17. The number of fused-ring (bicyclic) bond motifs is 2. The van der Waals surface area contributed by atoms with Gasteiger partial charge in [0.25, 0.3) is 5.91 Å². The molecule has 0 aromatic heterocycles. The minimum absolute atomic E-state index is 0.173. The van der Waals surface area contributed by atoms with E-state index in [9.17, 15) is 13.2 Å². The van der Waals surface area contributed by atoms with Gasteiger partial charge in [-0.05, 0) is 55.2 Å². The molecule has 2 bridgehead atoms. The number of hydrogen-bond acceptors (Lipinski definition) is 4. The molecule has 1 saturated heterocycles. The number of carbonyl (C=O) groups excluding carboxylic acids is 1. The molecule has 3 atom stereocenters. The van der Waals surface area contributed by atoms with E-state index in [0.717, 1.165) is 11.8 Å². The zero-order valence-corrected chi connectivity index (χ0v) is 15.7. The van der Waals surface area contributed by atoms with Gasteiger partial charge in [-0.15, -0.1) is 0 Å². The summed E-state index contributed by atoms with van der Waals surface area (Å²) >= 11 is 0. The Hall–Kier alpha value is -1.44. The summed E-state index contributed by atoms with van der Waals surface area (Å²) < 4.78 is 32.2. The number of morpholine rings is 1. The Kier molecular flexibility index (Phi) is 5.03. The van der Waals surface area contributed by atoms with Crippen molar-refractivity contribution in [2.75, 3.05) is 32.8 Å². The molecule has 1 aromatic rings. The maximum Gasteiger partial charge on any atom is 0.251 e. The number of nitrogens with zero attached hydrogens (tertiary/aromatic N) is 1. The van der Waals surface area contributed by atoms with Crippen molar-refractivity contribution >= 4 is 15.9 Å². The van der Waals surface area contributed by atoms with Crippen LogP contribution in [0.15, 0.2) is 29.2 Å². The summed E-state index contributed by atoms with van der Waals surface area (Å²) in [5.41, 5.74) is 0.405. The number of sulfonamides is 1. The molecule has 2 aliphatic carbocycles. The number of rotatable bonds is 5. The zero-order valence-electron chi connectivity index (χ0n) is 14.9. The number of benzene rings is 1. The van der Waals surface area contributed by atoms with Crippen LogP contribution in [0.4, 0.5) is 0 Å². The van der Waals surface area contributed by atoms with Crippen LogP contribution in [-0.2, 0) is 14.8 Å². The smallest absolute Gasteiger partial charge is 0.251 e. The maximum absolute atomic E-state index is 12.8. The molecule has 2 saturated carbocycles. The van der Waals surface area contributed by atoms with E-state index >= 15 is 0 Å². The van der Waals surface area contributed by atoms with Crippen LogP contribution in [0, 0.1) is 17.8 Å². The highest BCUT2D eigenvalue weighted by atomic mass is 32.2. The Morgan fingerprint density at radius 2 is 2.00 bits per heavy atom. The molecule has 3 unspecified atom stereocenters. The van der Waals surface area contributed by atoms with Crippen LogP contribution in [0.5, 0.6) is 0 Å². The molecule has 0 spiro atoms. The van der Waals surface area contributed by atoms with Crippen LogP contribution in [0.2, 0.25) is 0 Å². The highest BCUT2D eigenvalue weighted by molar-refractivity contribution is 7.89. The topological polar surface area (TPSA) is 75.7 Å². The number of nitrogens with one attached hydrogen (secondary N) is 1. The second-order valence-electron chi connectivity index (χ2n) is 7.69. The van der Waals surface area contributed by atoms with E-state index < -0.39 is 10.0 Å². The molecule has 6 nitrogen and oxygen atoms in total. The molecule has 4 rings (SSSR count). The van der Waals surface area contributed by atoms with Crippen molar-refractivity contribution in [3.63, 3.8) is 0 Å². The minimum atomic E-state index is -3.58. The van der Waals surface area contributed by atoms with Crippen LogP contribution < -0.4 is 5.32 Å². The summed E-state index contributed by atoms with van der Waals surface area (Å²) in [6, 6.07) is 6.35. The van der Waals surface area contributed by atoms with E-state index in [1.165, 1.54) is 36.1 Å². The lowest BCUT2D eigenvalue weighted by Gasteiger charge is -2.26. The standard InChI is InChI=1S/C19H26N2O4S/c22-19(20-13-17-11-14-4-5-15(17)10-14)16-2-1-3-18(12-16)26(23,24)21-6-8-25-9-7-21/h1-3,12,14-15,17H,4-11,13H2,(H,20,22). The Balaban J connectivity index is 1.42. The van der Waals surface area contributed by atoms with Crippen LogP contribution in [0.3, 0.4) is 0 Å². The summed E-state index contributed by atoms with van der Waals surface area (Å²) in [4.78, 5) is 12.7. The van der Waals surface area contributed by atoms with E-state index in [1.807, 2.05) is 0 Å². The van der Waals surface area contributed by atoms with Crippen molar-refractivity contribution in [2.24, 2.45) is 17.8 Å². The third-order valence-corrected chi connectivity index (χ3v) is 8.01. The average molecular weight is 378 g/mol. The molecule has 1 aromatic carbocycles.